The number of aromatic amines is 1. The molecule has 1 fully saturated rings. The van der Waals surface area contributed by atoms with Gasteiger partial charge in [-0.05, 0) is 69.5 Å². The summed E-state index contributed by atoms with van der Waals surface area (Å²) in [6, 6.07) is 7.40. The molecule has 0 aliphatic heterocycles. The summed E-state index contributed by atoms with van der Waals surface area (Å²) in [7, 11) is 0. The highest BCUT2D eigenvalue weighted by Crippen LogP contribution is 2.43. The lowest BCUT2D eigenvalue weighted by atomic mass is 9.82. The van der Waals surface area contributed by atoms with Crippen molar-refractivity contribution in [2.24, 2.45) is 4.99 Å². The quantitative estimate of drug-likeness (QED) is 0.315. The molecule has 1 aliphatic rings. The molecular weight excluding hydrogens is 452 g/mol. The van der Waals surface area contributed by atoms with Crippen molar-refractivity contribution in [1.82, 2.24) is 25.3 Å². The fourth-order valence-corrected chi connectivity index (χ4v) is 4.35. The minimum absolute atomic E-state index is 0.319. The van der Waals surface area contributed by atoms with E-state index in [1.165, 1.54) is 6.08 Å². The van der Waals surface area contributed by atoms with Gasteiger partial charge in [0.05, 0.1) is 22.4 Å². The number of aliphatic imine (C=N–C) groups is 1. The summed E-state index contributed by atoms with van der Waals surface area (Å²) in [6.45, 7) is 13.6. The molecule has 1 unspecified atom stereocenters. The summed E-state index contributed by atoms with van der Waals surface area (Å²) in [5.41, 5.74) is 3.38. The summed E-state index contributed by atoms with van der Waals surface area (Å²) < 4.78 is 5.44. The van der Waals surface area contributed by atoms with Gasteiger partial charge in [-0.25, -0.2) is 4.98 Å². The third-order valence-corrected chi connectivity index (χ3v) is 6.15. The Bertz CT molecular complexity index is 1410. The molecule has 8 heteroatoms. The van der Waals surface area contributed by atoms with Crippen LogP contribution in [0.15, 0.2) is 64.9 Å². The third-order valence-electron chi connectivity index (χ3n) is 6.15. The number of rotatable bonds is 7. The Balaban J connectivity index is 0.00000148. The van der Waals surface area contributed by atoms with Crippen molar-refractivity contribution in [2.45, 2.75) is 59.0 Å². The number of imidazole rings is 1. The summed E-state index contributed by atoms with van der Waals surface area (Å²) >= 11 is 0. The van der Waals surface area contributed by atoms with Gasteiger partial charge < -0.3 is 14.6 Å². The van der Waals surface area contributed by atoms with Crippen LogP contribution in [-0.2, 0) is 5.60 Å². The number of fused-ring (bicyclic) bond motifs is 1. The lowest BCUT2D eigenvalue weighted by Gasteiger charge is -2.28. The van der Waals surface area contributed by atoms with Crippen LogP contribution in [0, 0.1) is 13.8 Å². The van der Waals surface area contributed by atoms with Crippen molar-refractivity contribution < 1.29 is 9.63 Å². The number of allylic oxidation sites excluding steroid dienone is 1. The highest BCUT2D eigenvalue weighted by atomic mass is 16.5. The molecule has 1 aliphatic carbocycles. The Morgan fingerprint density at radius 3 is 2.64 bits per heavy atom. The zero-order valence-electron chi connectivity index (χ0n) is 21.4. The minimum Gasteiger partial charge on any atom is -0.373 e. The molecule has 0 radical (unpaired) electrons. The standard InChI is InChI=1S/C26H26N6O2.C2H6/c1-5-11-27-21(6-2)26(33,22-8-7-12-28-31-22)19-13-18(23-15(3)32-34-16(23)4)14-20-24(19)30-25(29-20)17-9-10-17;1-2/h5-8,11-14,17,33H,2,9-10H2,1,3-4H3,(H,29,30);1-2H3/b11-5-,27-21?;. The topological polar surface area (TPSA) is 113 Å². The van der Waals surface area contributed by atoms with Gasteiger partial charge in [-0.15, -0.1) is 0 Å². The van der Waals surface area contributed by atoms with E-state index in [1.807, 2.05) is 46.8 Å². The van der Waals surface area contributed by atoms with Crippen molar-refractivity contribution in [3.63, 3.8) is 0 Å². The molecule has 8 nitrogen and oxygen atoms in total. The van der Waals surface area contributed by atoms with Crippen molar-refractivity contribution in [1.29, 1.82) is 0 Å². The first-order chi connectivity index (χ1) is 17.5. The summed E-state index contributed by atoms with van der Waals surface area (Å²) in [6.07, 6.45) is 8.71. The molecule has 1 aromatic carbocycles. The molecule has 3 heterocycles. The van der Waals surface area contributed by atoms with E-state index in [9.17, 15) is 5.11 Å². The summed E-state index contributed by atoms with van der Waals surface area (Å²) in [4.78, 5) is 12.9. The summed E-state index contributed by atoms with van der Waals surface area (Å²) in [5, 5.41) is 24.9. The Labute approximate surface area is 210 Å². The second kappa shape index (κ2) is 10.4. The number of hydrogen-bond donors (Lipinski definition) is 2. The molecule has 2 N–H and O–H groups in total. The monoisotopic (exact) mass is 484 g/mol. The van der Waals surface area contributed by atoms with Crippen LogP contribution in [0.3, 0.4) is 0 Å². The van der Waals surface area contributed by atoms with E-state index < -0.39 is 5.60 Å². The fourth-order valence-electron chi connectivity index (χ4n) is 4.35. The smallest absolute Gasteiger partial charge is 0.178 e. The van der Waals surface area contributed by atoms with Crippen LogP contribution in [0.2, 0.25) is 0 Å². The van der Waals surface area contributed by atoms with E-state index in [-0.39, 0.29) is 0 Å². The zero-order valence-corrected chi connectivity index (χ0v) is 21.4. The largest absolute Gasteiger partial charge is 0.373 e. The third kappa shape index (κ3) is 4.40. The number of benzene rings is 1. The van der Waals surface area contributed by atoms with Crippen LogP contribution >= 0.6 is 0 Å². The van der Waals surface area contributed by atoms with Crippen LogP contribution in [0.5, 0.6) is 0 Å². The average molecular weight is 485 g/mol. The fraction of sp³-hybridized carbons (Fsp3) is 0.321. The van der Waals surface area contributed by atoms with Gasteiger partial charge in [-0.3, -0.25) is 4.99 Å². The molecule has 3 aromatic heterocycles. The molecule has 0 spiro atoms. The maximum absolute atomic E-state index is 12.4. The first kappa shape index (κ1) is 25.2. The van der Waals surface area contributed by atoms with Gasteiger partial charge in [0.1, 0.15) is 17.3 Å². The molecule has 1 saturated carbocycles. The molecule has 0 saturated heterocycles. The lowest BCUT2D eigenvalue weighted by Crippen LogP contribution is -2.37. The van der Waals surface area contributed by atoms with Crippen LogP contribution in [-0.4, -0.2) is 36.1 Å². The van der Waals surface area contributed by atoms with E-state index in [0.29, 0.717) is 34.2 Å². The maximum Gasteiger partial charge on any atom is 0.178 e. The van der Waals surface area contributed by atoms with Gasteiger partial charge in [-0.1, -0.05) is 31.7 Å². The lowest BCUT2D eigenvalue weighted by molar-refractivity contribution is 0.152. The van der Waals surface area contributed by atoms with Crippen molar-refractivity contribution in [2.75, 3.05) is 0 Å². The molecule has 4 aromatic rings. The molecule has 1 atom stereocenters. The first-order valence-corrected chi connectivity index (χ1v) is 12.3. The van der Waals surface area contributed by atoms with Gasteiger partial charge in [0.2, 0.25) is 0 Å². The Morgan fingerprint density at radius 1 is 1.28 bits per heavy atom. The number of aryl methyl sites for hydroxylation is 2. The van der Waals surface area contributed by atoms with E-state index in [1.54, 1.807) is 30.6 Å². The molecule has 0 bridgehead atoms. The SMILES string of the molecule is C=CC(=N/C=C\C)C(O)(c1cccnn1)c1cc(-c2c(C)noc2C)cc2[nH]c(C3CC3)nc12.CC. The van der Waals surface area contributed by atoms with Crippen LogP contribution in [0.25, 0.3) is 22.2 Å². The normalized spacial score (nSPS) is 15.6. The number of nitrogens with one attached hydrogen (secondary N) is 1. The van der Waals surface area contributed by atoms with Crippen molar-refractivity contribution in [3.05, 3.63) is 83.9 Å². The van der Waals surface area contributed by atoms with E-state index in [4.69, 9.17) is 9.51 Å². The van der Waals surface area contributed by atoms with Crippen LogP contribution < -0.4 is 0 Å². The predicted molar refractivity (Wildman–Crippen MR) is 142 cm³/mol. The highest BCUT2D eigenvalue weighted by molar-refractivity contribution is 6.07. The number of nitrogens with zero attached hydrogens (tertiary/aromatic N) is 5. The maximum atomic E-state index is 12.4. The van der Waals surface area contributed by atoms with Gasteiger partial charge >= 0.3 is 0 Å². The molecule has 186 valence electrons. The number of H-pyrrole nitrogens is 1. The Morgan fingerprint density at radius 2 is 2.06 bits per heavy atom. The Kier molecular flexibility index (Phi) is 7.26. The second-order valence-corrected chi connectivity index (χ2v) is 8.54. The van der Waals surface area contributed by atoms with Crippen molar-refractivity contribution >= 4 is 16.7 Å². The summed E-state index contributed by atoms with van der Waals surface area (Å²) in [5.74, 6) is 2.02. The molecular formula is C28H32N6O2. The highest BCUT2D eigenvalue weighted by Gasteiger charge is 2.41. The van der Waals surface area contributed by atoms with Crippen molar-refractivity contribution in [3.8, 4) is 11.1 Å². The minimum atomic E-state index is -1.75. The second-order valence-electron chi connectivity index (χ2n) is 8.54. The van der Waals surface area contributed by atoms with Gasteiger partial charge in [0.15, 0.2) is 5.60 Å². The first-order valence-electron chi connectivity index (χ1n) is 12.3. The van der Waals surface area contributed by atoms with Gasteiger partial charge in [0, 0.05) is 29.4 Å². The van der Waals surface area contributed by atoms with Gasteiger partial charge in [-0.2, -0.15) is 10.2 Å². The molecule has 36 heavy (non-hydrogen) atoms. The zero-order chi connectivity index (χ0) is 25.9. The number of aromatic nitrogens is 5. The van der Waals surface area contributed by atoms with Crippen LogP contribution in [0.1, 0.15) is 68.1 Å². The number of hydrogen-bond acceptors (Lipinski definition) is 7. The van der Waals surface area contributed by atoms with E-state index in [0.717, 1.165) is 41.0 Å². The van der Waals surface area contributed by atoms with E-state index >= 15 is 0 Å². The van der Waals surface area contributed by atoms with E-state index in [2.05, 4.69) is 31.9 Å². The average Bonchev–Trinajstić information content (AvgIpc) is 3.59. The van der Waals surface area contributed by atoms with Gasteiger partial charge in [0.25, 0.3) is 0 Å². The predicted octanol–water partition coefficient (Wildman–Crippen LogP) is 5.92. The number of aliphatic hydroxyl groups is 1. The molecule has 0 amide bonds. The Hall–Kier alpha value is -3.91. The van der Waals surface area contributed by atoms with Crippen LogP contribution in [0.4, 0.5) is 0 Å². The molecule has 5 rings (SSSR count).